The summed E-state index contributed by atoms with van der Waals surface area (Å²) in [5, 5.41) is 10.2. The van der Waals surface area contributed by atoms with Gasteiger partial charge >= 0.3 is 6.09 Å². The van der Waals surface area contributed by atoms with Crippen molar-refractivity contribution in [3.05, 3.63) is 59.7 Å². The highest BCUT2D eigenvalue weighted by Crippen LogP contribution is 2.46. The highest BCUT2D eigenvalue weighted by atomic mass is 16.5. The van der Waals surface area contributed by atoms with Crippen molar-refractivity contribution in [2.45, 2.75) is 19.6 Å². The molecule has 0 fully saturated rings. The molecule has 0 radical (unpaired) electrons. The minimum Gasteiger partial charge on any atom is -0.449 e. The fourth-order valence-electron chi connectivity index (χ4n) is 6.18. The lowest BCUT2D eigenvalue weighted by atomic mass is 9.97. The molecule has 2 aliphatic rings. The molecule has 1 atom stereocenters. The van der Waals surface area contributed by atoms with Gasteiger partial charge in [-0.15, -0.1) is 0 Å². The van der Waals surface area contributed by atoms with Crippen LogP contribution in [-0.2, 0) is 29.1 Å². The molecule has 8 heteroatoms. The molecule has 2 N–H and O–H groups in total. The maximum absolute atomic E-state index is 13.2. The summed E-state index contributed by atoms with van der Waals surface area (Å²) >= 11 is 0. The molecule has 0 saturated carbocycles. The summed E-state index contributed by atoms with van der Waals surface area (Å²) in [4.78, 5) is 25.5. The zero-order valence-corrected chi connectivity index (χ0v) is 20.0. The quantitative estimate of drug-likeness (QED) is 0.369. The third kappa shape index (κ3) is 2.91. The Kier molecular flexibility index (Phi) is 4.72. The second-order valence-corrected chi connectivity index (χ2v) is 9.62. The maximum Gasteiger partial charge on any atom is 0.407 e. The highest BCUT2D eigenvalue weighted by Gasteiger charge is 2.34. The van der Waals surface area contributed by atoms with Gasteiger partial charge in [-0.2, -0.15) is 0 Å². The van der Waals surface area contributed by atoms with Gasteiger partial charge in [-0.25, -0.2) is 4.79 Å². The van der Waals surface area contributed by atoms with Crippen LogP contribution in [0.5, 0.6) is 0 Å². The summed E-state index contributed by atoms with van der Waals surface area (Å²) < 4.78 is 15.4. The Morgan fingerprint density at radius 1 is 1.00 bits per heavy atom. The first kappa shape index (κ1) is 21.3. The number of hydrogen-bond acceptors (Lipinski definition) is 4. The van der Waals surface area contributed by atoms with E-state index in [-0.39, 0.29) is 18.4 Å². The summed E-state index contributed by atoms with van der Waals surface area (Å²) in [7, 11) is 1.60. The van der Waals surface area contributed by atoms with Crippen molar-refractivity contribution >= 4 is 55.6 Å². The van der Waals surface area contributed by atoms with Gasteiger partial charge in [0.25, 0.3) is 5.91 Å². The van der Waals surface area contributed by atoms with Crippen molar-refractivity contribution in [1.82, 2.24) is 19.8 Å². The van der Waals surface area contributed by atoms with Crippen molar-refractivity contribution in [3.63, 3.8) is 0 Å². The number of nitrogens with zero attached hydrogens (tertiary/aromatic N) is 2. The molecule has 5 aromatic rings. The van der Waals surface area contributed by atoms with E-state index < -0.39 is 6.09 Å². The molecule has 2 amide bonds. The monoisotopic (exact) mass is 482 g/mol. The number of amides is 2. The molecule has 0 spiro atoms. The number of aromatic nitrogens is 2. The predicted molar refractivity (Wildman–Crippen MR) is 138 cm³/mol. The van der Waals surface area contributed by atoms with Crippen molar-refractivity contribution in [3.8, 4) is 0 Å². The Balaban J connectivity index is 1.47. The molecular weight excluding hydrogens is 456 g/mol. The molecule has 2 aliphatic heterocycles. The Bertz CT molecular complexity index is 1710. The number of rotatable bonds is 5. The van der Waals surface area contributed by atoms with Gasteiger partial charge in [-0.3, -0.25) is 4.79 Å². The highest BCUT2D eigenvalue weighted by molar-refractivity contribution is 6.30. The maximum atomic E-state index is 13.2. The smallest absolute Gasteiger partial charge is 0.407 e. The second-order valence-electron chi connectivity index (χ2n) is 9.62. The van der Waals surface area contributed by atoms with Crippen LogP contribution in [0.2, 0.25) is 0 Å². The van der Waals surface area contributed by atoms with E-state index in [4.69, 9.17) is 9.47 Å². The molecule has 8 nitrogen and oxygen atoms in total. The molecule has 0 aliphatic carbocycles. The zero-order chi connectivity index (χ0) is 24.4. The van der Waals surface area contributed by atoms with Crippen molar-refractivity contribution < 1.29 is 19.1 Å². The van der Waals surface area contributed by atoms with E-state index in [0.29, 0.717) is 32.8 Å². The molecular formula is C28H26N4O4. The van der Waals surface area contributed by atoms with Crippen LogP contribution >= 0.6 is 0 Å². The summed E-state index contributed by atoms with van der Waals surface area (Å²) in [6.45, 7) is 3.05. The van der Waals surface area contributed by atoms with E-state index >= 15 is 0 Å². The van der Waals surface area contributed by atoms with Crippen molar-refractivity contribution in [1.29, 1.82) is 0 Å². The van der Waals surface area contributed by atoms with Crippen LogP contribution < -0.4 is 10.6 Å². The topological polar surface area (TPSA) is 86.5 Å². The summed E-state index contributed by atoms with van der Waals surface area (Å²) in [6.07, 6.45) is -0.436. The van der Waals surface area contributed by atoms with Crippen molar-refractivity contribution in [2.24, 2.45) is 5.92 Å². The lowest BCUT2D eigenvalue weighted by Crippen LogP contribution is -2.30. The van der Waals surface area contributed by atoms with E-state index in [1.165, 1.54) is 0 Å². The number of para-hydroxylation sites is 2. The van der Waals surface area contributed by atoms with Gasteiger partial charge in [0.15, 0.2) is 0 Å². The van der Waals surface area contributed by atoms with Crippen LogP contribution in [0.15, 0.2) is 48.5 Å². The molecule has 36 heavy (non-hydrogen) atoms. The first-order valence-electron chi connectivity index (χ1n) is 12.3. The molecule has 182 valence electrons. The Morgan fingerprint density at radius 3 is 2.33 bits per heavy atom. The molecule has 1 unspecified atom stereocenters. The van der Waals surface area contributed by atoms with E-state index in [1.54, 1.807) is 7.11 Å². The second kappa shape index (κ2) is 7.99. The lowest BCUT2D eigenvalue weighted by Gasteiger charge is -2.18. The Morgan fingerprint density at radius 2 is 1.64 bits per heavy atom. The number of ether oxygens (including phenoxy) is 2. The number of nitrogens with one attached hydrogen (secondary N) is 2. The largest absolute Gasteiger partial charge is 0.449 e. The average Bonchev–Trinajstić information content (AvgIpc) is 3.49. The molecule has 2 aromatic heterocycles. The van der Waals surface area contributed by atoms with E-state index in [9.17, 15) is 9.59 Å². The first-order chi connectivity index (χ1) is 17.7. The summed E-state index contributed by atoms with van der Waals surface area (Å²) in [5.74, 6) is 0.0377. The SMILES string of the molecule is COCCNC(=O)OCC1Cn2c3ccccc3c3c4c(c5c6ccccc6n(c5c32)C1)C(=O)NC4. The van der Waals surface area contributed by atoms with Crippen LogP contribution in [0.3, 0.4) is 0 Å². The van der Waals surface area contributed by atoms with Gasteiger partial charge < -0.3 is 29.2 Å². The van der Waals surface area contributed by atoms with Gasteiger partial charge in [-0.1, -0.05) is 36.4 Å². The molecule has 0 bridgehead atoms. The minimum atomic E-state index is -0.436. The van der Waals surface area contributed by atoms with Crippen LogP contribution in [0.25, 0.3) is 43.6 Å². The Labute approximate surface area is 206 Å². The molecule has 7 rings (SSSR count). The molecule has 4 heterocycles. The number of carbonyl (C=O) groups excluding carboxylic acids is 2. The van der Waals surface area contributed by atoms with E-state index in [2.05, 4.69) is 56.2 Å². The number of methoxy groups -OCH3 is 1. The number of alkyl carbamates (subject to hydrolysis) is 1. The third-order valence-corrected chi connectivity index (χ3v) is 7.58. The predicted octanol–water partition coefficient (Wildman–Crippen LogP) is 4.15. The lowest BCUT2D eigenvalue weighted by molar-refractivity contribution is 0.0967. The number of fused-ring (bicyclic) bond motifs is 9. The average molecular weight is 483 g/mol. The fraction of sp³-hybridized carbons (Fsp3) is 0.286. The summed E-state index contributed by atoms with van der Waals surface area (Å²) in [6, 6.07) is 16.7. The number of benzene rings is 3. The standard InChI is InChI=1S/C28H26N4O4/c1-35-11-10-29-28(34)36-15-16-13-31-20-8-4-2-6-17(20)22-19-12-30-27(33)24(19)23-18-7-3-5-9-21(18)32(14-16)26(23)25(22)31/h2-9,16H,10-15H2,1H3,(H,29,34)(H,30,33). The van der Waals surface area contributed by atoms with Crippen LogP contribution in [0.4, 0.5) is 4.79 Å². The number of hydrogen-bond donors (Lipinski definition) is 2. The third-order valence-electron chi connectivity index (χ3n) is 7.58. The van der Waals surface area contributed by atoms with Gasteiger partial charge in [0, 0.05) is 71.8 Å². The van der Waals surface area contributed by atoms with Crippen LogP contribution in [0, 0.1) is 5.92 Å². The minimum absolute atomic E-state index is 0.0107. The molecule has 3 aromatic carbocycles. The van der Waals surface area contributed by atoms with Gasteiger partial charge in [0.2, 0.25) is 0 Å². The fourth-order valence-corrected chi connectivity index (χ4v) is 6.18. The Hall–Kier alpha value is -4.04. The first-order valence-corrected chi connectivity index (χ1v) is 12.3. The van der Waals surface area contributed by atoms with Gasteiger partial charge in [0.05, 0.1) is 29.8 Å². The van der Waals surface area contributed by atoms with Gasteiger partial charge in [0.1, 0.15) is 0 Å². The number of carbonyl (C=O) groups is 2. The van der Waals surface area contributed by atoms with Gasteiger partial charge in [-0.05, 0) is 17.7 Å². The van der Waals surface area contributed by atoms with Crippen LogP contribution in [-0.4, -0.2) is 48.0 Å². The zero-order valence-electron chi connectivity index (χ0n) is 20.0. The van der Waals surface area contributed by atoms with Crippen molar-refractivity contribution in [2.75, 3.05) is 26.9 Å². The normalized spacial score (nSPS) is 16.7. The van der Waals surface area contributed by atoms with E-state index in [0.717, 1.165) is 54.7 Å². The molecule has 0 saturated heterocycles. The van der Waals surface area contributed by atoms with E-state index in [1.807, 2.05) is 12.1 Å². The summed E-state index contributed by atoms with van der Waals surface area (Å²) in [5.41, 5.74) is 6.34. The van der Waals surface area contributed by atoms with Crippen LogP contribution in [0.1, 0.15) is 15.9 Å².